The maximum Gasteiger partial charge on any atom is 0.314 e. The van der Waals surface area contributed by atoms with Gasteiger partial charge in [0.05, 0.1) is 38.5 Å². The van der Waals surface area contributed by atoms with Crippen molar-refractivity contribution in [3.8, 4) is 17.2 Å². The largest absolute Gasteiger partial charge is 0.481 e. The molecule has 274 valence electrons. The predicted octanol–water partition coefficient (Wildman–Crippen LogP) is 8.37. The Morgan fingerprint density at radius 2 is 0.740 bits per heavy atom. The third kappa shape index (κ3) is 25.7. The standard InChI is InChI=1S/C22H22O7.C10H10O4.C3H8.2C2H6/c1-15-3-7-17(8-4-15)27-19(23)11-13-21(25)29-22(26)14-12-20(24)28-18-9-5-16(2)6-10-18;11-9(12)6-7-10(13)14-8-4-2-1-3-5-8;1-3-2;2*1-2/h3-10H,11-14H2,1-2H3;1-5H,6-7H2,(H,11,12);3H2,1-2H3;2*1-2H3. The topological polar surface area (TPSA) is 160 Å². The van der Waals surface area contributed by atoms with Crippen LogP contribution in [0.3, 0.4) is 0 Å². The summed E-state index contributed by atoms with van der Waals surface area (Å²) >= 11 is 0. The number of esters is 5. The van der Waals surface area contributed by atoms with Crippen LogP contribution in [0.15, 0.2) is 78.9 Å². The quantitative estimate of drug-likeness (QED) is 0.110. The lowest BCUT2D eigenvalue weighted by atomic mass is 10.2. The Hall–Kier alpha value is -5.32. The van der Waals surface area contributed by atoms with Crippen molar-refractivity contribution < 1.29 is 52.8 Å². The molecule has 3 aromatic rings. The summed E-state index contributed by atoms with van der Waals surface area (Å²) in [6.07, 6.45) is -0.116. The van der Waals surface area contributed by atoms with Crippen LogP contribution in [-0.4, -0.2) is 40.9 Å². The van der Waals surface area contributed by atoms with Crippen molar-refractivity contribution in [3.05, 3.63) is 90.0 Å². The number of para-hydroxylation sites is 1. The number of carbonyl (C=O) groups excluding carboxylic acids is 5. The Kier molecular flexibility index (Phi) is 27.9. The first-order chi connectivity index (χ1) is 23.9. The number of aliphatic carboxylic acids is 1. The second kappa shape index (κ2) is 29.8. The van der Waals surface area contributed by atoms with E-state index in [1.165, 1.54) is 6.42 Å². The monoisotopic (exact) mass is 696 g/mol. The number of carboxylic acids is 1. The molecule has 0 atom stereocenters. The number of hydrogen-bond donors (Lipinski definition) is 1. The molecule has 0 bridgehead atoms. The second-order valence-corrected chi connectivity index (χ2v) is 9.81. The predicted molar refractivity (Wildman–Crippen MR) is 191 cm³/mol. The molecule has 0 aromatic heterocycles. The highest BCUT2D eigenvalue weighted by atomic mass is 16.6. The summed E-state index contributed by atoms with van der Waals surface area (Å²) in [4.78, 5) is 67.9. The highest BCUT2D eigenvalue weighted by Gasteiger charge is 2.16. The lowest BCUT2D eigenvalue weighted by Gasteiger charge is -2.06. The van der Waals surface area contributed by atoms with Crippen LogP contribution in [-0.2, 0) is 33.5 Å². The third-order valence-electron chi connectivity index (χ3n) is 5.32. The van der Waals surface area contributed by atoms with Gasteiger partial charge in [-0.25, -0.2) is 0 Å². The Morgan fingerprint density at radius 3 is 1.06 bits per heavy atom. The summed E-state index contributed by atoms with van der Waals surface area (Å²) in [5.41, 5.74) is 2.05. The van der Waals surface area contributed by atoms with Crippen LogP contribution >= 0.6 is 0 Å². The van der Waals surface area contributed by atoms with E-state index < -0.39 is 35.8 Å². The van der Waals surface area contributed by atoms with E-state index in [0.717, 1.165) is 11.1 Å². The molecule has 0 aliphatic rings. The number of aryl methyl sites for hydroxylation is 2. The summed E-state index contributed by atoms with van der Waals surface area (Å²) in [6.45, 7) is 16.1. The number of hydrogen-bond acceptors (Lipinski definition) is 10. The smallest absolute Gasteiger partial charge is 0.314 e. The minimum absolute atomic E-state index is 0.107. The fourth-order valence-corrected chi connectivity index (χ4v) is 3.09. The van der Waals surface area contributed by atoms with E-state index in [1.807, 2.05) is 41.5 Å². The summed E-state index contributed by atoms with van der Waals surface area (Å²) in [5, 5.41) is 8.32. The highest BCUT2D eigenvalue weighted by Crippen LogP contribution is 2.14. The maximum absolute atomic E-state index is 11.7. The minimum Gasteiger partial charge on any atom is -0.481 e. The first kappa shape index (κ1) is 46.8. The van der Waals surface area contributed by atoms with Gasteiger partial charge in [-0.2, -0.15) is 0 Å². The van der Waals surface area contributed by atoms with Gasteiger partial charge in [0.15, 0.2) is 0 Å². The fraction of sp³-hybridized carbons (Fsp3) is 0.385. The summed E-state index contributed by atoms with van der Waals surface area (Å²) in [5.74, 6) is -3.30. The van der Waals surface area contributed by atoms with E-state index in [-0.39, 0.29) is 38.5 Å². The lowest BCUT2D eigenvalue weighted by Crippen LogP contribution is -2.17. The Balaban J connectivity index is 0. The molecule has 0 radical (unpaired) electrons. The summed E-state index contributed by atoms with van der Waals surface area (Å²) in [6, 6.07) is 22.3. The molecule has 1 N–H and O–H groups in total. The van der Waals surface area contributed by atoms with Gasteiger partial charge < -0.3 is 24.1 Å². The molecule has 11 nitrogen and oxygen atoms in total. The van der Waals surface area contributed by atoms with E-state index in [1.54, 1.807) is 78.9 Å². The maximum atomic E-state index is 11.7. The van der Waals surface area contributed by atoms with Crippen LogP contribution in [0.2, 0.25) is 0 Å². The molecule has 0 unspecified atom stereocenters. The van der Waals surface area contributed by atoms with Crippen LogP contribution in [0, 0.1) is 13.8 Å². The van der Waals surface area contributed by atoms with Gasteiger partial charge in [-0.1, -0.05) is 102 Å². The average molecular weight is 697 g/mol. The molecule has 11 heteroatoms. The van der Waals surface area contributed by atoms with Crippen molar-refractivity contribution in [2.45, 2.75) is 100 Å². The van der Waals surface area contributed by atoms with Crippen LogP contribution in [0.4, 0.5) is 0 Å². The molecule has 0 heterocycles. The molecular weight excluding hydrogens is 644 g/mol. The van der Waals surface area contributed by atoms with Crippen molar-refractivity contribution in [3.63, 3.8) is 0 Å². The lowest BCUT2D eigenvalue weighted by molar-refractivity contribution is -0.161. The normalized spacial score (nSPS) is 9.12. The number of rotatable bonds is 12. The third-order valence-corrected chi connectivity index (χ3v) is 5.32. The molecule has 0 fully saturated rings. The van der Waals surface area contributed by atoms with E-state index in [0.29, 0.717) is 17.2 Å². The van der Waals surface area contributed by atoms with Gasteiger partial charge >= 0.3 is 35.8 Å². The zero-order valence-electron chi connectivity index (χ0n) is 30.5. The first-order valence-corrected chi connectivity index (χ1v) is 16.7. The molecule has 0 aliphatic carbocycles. The molecule has 0 amide bonds. The van der Waals surface area contributed by atoms with Crippen LogP contribution < -0.4 is 14.2 Å². The number of carbonyl (C=O) groups is 6. The van der Waals surface area contributed by atoms with E-state index >= 15 is 0 Å². The van der Waals surface area contributed by atoms with Crippen LogP contribution in [0.1, 0.15) is 97.6 Å². The molecule has 3 rings (SSSR count). The van der Waals surface area contributed by atoms with Crippen molar-refractivity contribution in [1.82, 2.24) is 0 Å². The highest BCUT2D eigenvalue weighted by molar-refractivity contribution is 5.89. The second-order valence-electron chi connectivity index (χ2n) is 9.81. The van der Waals surface area contributed by atoms with Gasteiger partial charge in [-0.3, -0.25) is 28.8 Å². The van der Waals surface area contributed by atoms with Crippen LogP contribution in [0.5, 0.6) is 17.2 Å². The number of benzene rings is 3. The van der Waals surface area contributed by atoms with Gasteiger partial charge in [-0.05, 0) is 50.2 Å². The Bertz CT molecular complexity index is 1320. The van der Waals surface area contributed by atoms with Gasteiger partial charge in [0.2, 0.25) is 0 Å². The van der Waals surface area contributed by atoms with E-state index in [9.17, 15) is 28.8 Å². The Labute approximate surface area is 295 Å². The molecule has 3 aromatic carbocycles. The Morgan fingerprint density at radius 1 is 0.460 bits per heavy atom. The molecular formula is C39H52O11. The molecule has 0 saturated heterocycles. The SMILES string of the molecule is CC.CC.CCC.Cc1ccc(OC(=O)CCC(=O)OC(=O)CCC(=O)Oc2ccc(C)cc2)cc1.O=C(O)CCC(=O)Oc1ccccc1. The molecule has 0 aliphatic heterocycles. The van der Waals surface area contributed by atoms with Crippen molar-refractivity contribution >= 4 is 35.8 Å². The van der Waals surface area contributed by atoms with Gasteiger partial charge in [0.25, 0.3) is 0 Å². The fourth-order valence-electron chi connectivity index (χ4n) is 3.09. The average Bonchev–Trinajstić information content (AvgIpc) is 3.10. The van der Waals surface area contributed by atoms with Gasteiger partial charge in [0, 0.05) is 0 Å². The zero-order valence-corrected chi connectivity index (χ0v) is 30.5. The van der Waals surface area contributed by atoms with Gasteiger partial charge in [0.1, 0.15) is 17.2 Å². The summed E-state index contributed by atoms with van der Waals surface area (Å²) < 4.78 is 19.6. The minimum atomic E-state index is -1.00. The van der Waals surface area contributed by atoms with E-state index in [4.69, 9.17) is 19.3 Å². The zero-order chi connectivity index (χ0) is 38.3. The number of ether oxygens (including phenoxy) is 4. The van der Waals surface area contributed by atoms with Crippen LogP contribution in [0.25, 0.3) is 0 Å². The first-order valence-electron chi connectivity index (χ1n) is 16.7. The molecule has 0 saturated carbocycles. The van der Waals surface area contributed by atoms with Gasteiger partial charge in [-0.15, -0.1) is 0 Å². The van der Waals surface area contributed by atoms with Crippen molar-refractivity contribution in [2.75, 3.05) is 0 Å². The van der Waals surface area contributed by atoms with Crippen molar-refractivity contribution in [1.29, 1.82) is 0 Å². The van der Waals surface area contributed by atoms with Crippen molar-refractivity contribution in [2.24, 2.45) is 0 Å². The summed E-state index contributed by atoms with van der Waals surface area (Å²) in [7, 11) is 0. The van der Waals surface area contributed by atoms with E-state index in [2.05, 4.69) is 18.6 Å². The molecule has 50 heavy (non-hydrogen) atoms. The number of carboxylic acid groups (broad SMARTS) is 1. The molecule has 0 spiro atoms.